The molecule has 1 heterocycles. The zero-order valence-corrected chi connectivity index (χ0v) is 26.0. The Morgan fingerprint density at radius 1 is 1.11 bits per heavy atom. The first-order valence-corrected chi connectivity index (χ1v) is 17.9. The molecule has 9 heteroatoms. The maximum atomic E-state index is 14.2. The monoisotopic (exact) mass is 607 g/mol. The van der Waals surface area contributed by atoms with Crippen LogP contribution < -0.4 is 9.47 Å². The Bertz CT molecular complexity index is 1270. The topological polar surface area (TPSA) is 65.1 Å². The molecule has 202 valence electrons. The van der Waals surface area contributed by atoms with Crippen molar-refractivity contribution in [1.29, 1.82) is 0 Å². The number of ether oxygens (including phenoxy) is 2. The number of aryl methyl sites for hydroxylation is 1. The van der Waals surface area contributed by atoms with Gasteiger partial charge in [0.25, 0.3) is 0 Å². The molecule has 2 aromatic carbocycles. The van der Waals surface area contributed by atoms with Crippen molar-refractivity contribution in [2.75, 3.05) is 13.4 Å². The fourth-order valence-electron chi connectivity index (χ4n) is 4.34. The van der Waals surface area contributed by atoms with Crippen LogP contribution in [0.5, 0.6) is 11.5 Å². The molecule has 1 aliphatic heterocycles. The van der Waals surface area contributed by atoms with Crippen LogP contribution in [0.3, 0.4) is 0 Å². The molecule has 0 amide bonds. The number of nitrogens with zero attached hydrogens (tertiary/aromatic N) is 1. The van der Waals surface area contributed by atoms with Crippen LogP contribution in [0, 0.1) is 6.92 Å². The van der Waals surface area contributed by atoms with E-state index in [1.807, 2.05) is 31.2 Å². The summed E-state index contributed by atoms with van der Waals surface area (Å²) in [4.78, 5) is 0.296. The quantitative estimate of drug-likeness (QED) is 0.235. The minimum atomic E-state index is -3.81. The van der Waals surface area contributed by atoms with Gasteiger partial charge >= 0.3 is 0 Å². The van der Waals surface area contributed by atoms with Gasteiger partial charge in [-0.1, -0.05) is 60.5 Å². The van der Waals surface area contributed by atoms with Crippen LogP contribution in [-0.2, 0) is 21.0 Å². The van der Waals surface area contributed by atoms with Gasteiger partial charge in [0.15, 0.2) is 19.8 Å². The third-order valence-corrected chi connectivity index (χ3v) is 14.9. The van der Waals surface area contributed by atoms with Crippen molar-refractivity contribution in [3.63, 3.8) is 0 Å². The summed E-state index contributed by atoms with van der Waals surface area (Å²) < 4.78 is 48.5. The van der Waals surface area contributed by atoms with Crippen molar-refractivity contribution in [2.45, 2.75) is 82.6 Å². The Balaban J connectivity index is 1.72. The van der Waals surface area contributed by atoms with E-state index in [9.17, 15) is 8.42 Å². The number of fused-ring (bicyclic) bond motifs is 1. The highest BCUT2D eigenvalue weighted by atomic mass is 79.9. The molecule has 0 aromatic heterocycles. The Morgan fingerprint density at radius 2 is 1.76 bits per heavy atom. The van der Waals surface area contributed by atoms with Crippen molar-refractivity contribution in [3.05, 3.63) is 63.6 Å². The highest BCUT2D eigenvalue weighted by Gasteiger charge is 2.40. The van der Waals surface area contributed by atoms with Crippen LogP contribution in [0.2, 0.25) is 18.1 Å². The smallest absolute Gasteiger partial charge is 0.243 e. The highest BCUT2D eigenvalue weighted by Crippen LogP contribution is 2.40. The summed E-state index contributed by atoms with van der Waals surface area (Å²) in [5.41, 5.74) is 2.89. The van der Waals surface area contributed by atoms with Crippen molar-refractivity contribution in [1.82, 2.24) is 4.31 Å². The molecular formula is C28H38BrNO5SSi. The molecule has 0 saturated heterocycles. The average Bonchev–Trinajstić information content (AvgIpc) is 3.28. The summed E-state index contributed by atoms with van der Waals surface area (Å²) in [6.45, 7) is 13.9. The molecular weight excluding hydrogens is 570 g/mol. The van der Waals surface area contributed by atoms with E-state index in [0.29, 0.717) is 23.0 Å². The second-order valence-corrected chi connectivity index (χ2v) is 19.0. The van der Waals surface area contributed by atoms with Crippen molar-refractivity contribution >= 4 is 34.3 Å². The van der Waals surface area contributed by atoms with Crippen LogP contribution in [0.1, 0.15) is 51.2 Å². The lowest BCUT2D eigenvalue weighted by molar-refractivity contribution is 0.174. The molecule has 0 bridgehead atoms. The summed E-state index contributed by atoms with van der Waals surface area (Å²) in [5, 5.41) is 0.0722. The predicted octanol–water partition coefficient (Wildman–Crippen LogP) is 7.18. The number of hydrogen-bond donors (Lipinski definition) is 0. The second kappa shape index (κ2) is 10.8. The van der Waals surface area contributed by atoms with E-state index in [2.05, 4.69) is 55.9 Å². The lowest BCUT2D eigenvalue weighted by Gasteiger charge is -2.39. The third-order valence-electron chi connectivity index (χ3n) is 7.77. The lowest BCUT2D eigenvalue weighted by Crippen LogP contribution is -2.45. The Labute approximate surface area is 231 Å². The maximum absolute atomic E-state index is 14.2. The molecule has 2 aliphatic rings. The first kappa shape index (κ1) is 28.4. The fourth-order valence-corrected chi connectivity index (χ4v) is 7.39. The van der Waals surface area contributed by atoms with Crippen LogP contribution in [0.15, 0.2) is 57.4 Å². The first-order valence-electron chi connectivity index (χ1n) is 12.8. The van der Waals surface area contributed by atoms with Crippen molar-refractivity contribution in [3.8, 4) is 11.5 Å². The molecule has 4 rings (SSSR count). The van der Waals surface area contributed by atoms with Gasteiger partial charge in [-0.2, -0.15) is 4.31 Å². The molecule has 37 heavy (non-hydrogen) atoms. The van der Waals surface area contributed by atoms with E-state index in [-0.39, 0.29) is 24.4 Å². The van der Waals surface area contributed by atoms with E-state index in [1.54, 1.807) is 16.4 Å². The molecule has 0 saturated carbocycles. The first-order chi connectivity index (χ1) is 17.3. The van der Waals surface area contributed by atoms with E-state index < -0.39 is 18.3 Å². The summed E-state index contributed by atoms with van der Waals surface area (Å²) in [7, 11) is -5.82. The van der Waals surface area contributed by atoms with E-state index >= 15 is 0 Å². The number of halogens is 1. The van der Waals surface area contributed by atoms with Crippen LogP contribution >= 0.6 is 15.9 Å². The number of rotatable bonds is 8. The second-order valence-electron chi connectivity index (χ2n) is 11.4. The van der Waals surface area contributed by atoms with E-state index in [1.165, 1.54) is 0 Å². The van der Waals surface area contributed by atoms with Gasteiger partial charge in [-0.15, -0.1) is 0 Å². The summed E-state index contributed by atoms with van der Waals surface area (Å²) >= 11 is 3.64. The Morgan fingerprint density at radius 3 is 2.41 bits per heavy atom. The molecule has 0 radical (unpaired) electrons. The van der Waals surface area contributed by atoms with Gasteiger partial charge < -0.3 is 13.9 Å². The van der Waals surface area contributed by atoms with Crippen LogP contribution in [-0.4, -0.2) is 40.5 Å². The zero-order chi connectivity index (χ0) is 27.0. The Kier molecular flexibility index (Phi) is 8.31. The average molecular weight is 609 g/mol. The molecule has 1 atom stereocenters. The van der Waals surface area contributed by atoms with Gasteiger partial charge in [0.2, 0.25) is 16.8 Å². The van der Waals surface area contributed by atoms with Crippen molar-refractivity contribution < 1.29 is 22.3 Å². The van der Waals surface area contributed by atoms with Crippen LogP contribution in [0.4, 0.5) is 0 Å². The van der Waals surface area contributed by atoms with Gasteiger partial charge in [0.1, 0.15) is 0 Å². The molecule has 1 aliphatic carbocycles. The Hall–Kier alpha value is -1.65. The van der Waals surface area contributed by atoms with Gasteiger partial charge in [0.05, 0.1) is 11.5 Å². The van der Waals surface area contributed by atoms with Gasteiger partial charge in [-0.05, 0) is 79.7 Å². The maximum Gasteiger partial charge on any atom is 0.243 e. The molecule has 0 N–H and O–H groups in total. The number of hydrogen-bond acceptors (Lipinski definition) is 5. The van der Waals surface area contributed by atoms with Crippen LogP contribution in [0.25, 0.3) is 0 Å². The van der Waals surface area contributed by atoms with Gasteiger partial charge in [-0.3, -0.25) is 0 Å². The summed E-state index contributed by atoms with van der Waals surface area (Å²) in [6, 6.07) is 10.5. The number of sulfonamides is 1. The molecule has 0 spiro atoms. The lowest BCUT2D eigenvalue weighted by atomic mass is 9.94. The standard InChI is InChI=1S/C28H38BrNO5SSi/c1-20-11-13-23(14-12-20)36(31,32)30(17-22-15-26-27(16-24(22)29)34-19-33-26)25-10-8-7-9-21(25)18-35-37(5,6)28(2,3)4/h9,11-16,25H,7-8,10,17-19H2,1-6H3/t25-/m0/s1. The fraction of sp³-hybridized carbons (Fsp3) is 0.500. The number of benzene rings is 2. The SMILES string of the molecule is Cc1ccc(S(=O)(=O)N(Cc2cc3c(cc2Br)OCO3)[C@H]2CCCC=C2CO[Si](C)(C)C(C)(C)C)cc1. The highest BCUT2D eigenvalue weighted by molar-refractivity contribution is 9.10. The minimum absolute atomic E-state index is 0.0722. The van der Waals surface area contributed by atoms with Gasteiger partial charge in [0, 0.05) is 17.1 Å². The molecule has 0 fully saturated rings. The largest absolute Gasteiger partial charge is 0.454 e. The van der Waals surface area contributed by atoms with Crippen molar-refractivity contribution in [2.24, 2.45) is 0 Å². The summed E-state index contributed by atoms with van der Waals surface area (Å²) in [5.74, 6) is 1.29. The number of allylic oxidation sites excluding steroid dienone is 1. The molecule has 6 nitrogen and oxygen atoms in total. The van der Waals surface area contributed by atoms with Gasteiger partial charge in [-0.25, -0.2) is 8.42 Å². The summed E-state index contributed by atoms with van der Waals surface area (Å²) in [6.07, 6.45) is 4.79. The van der Waals surface area contributed by atoms with E-state index in [4.69, 9.17) is 13.9 Å². The molecule has 2 aromatic rings. The third kappa shape index (κ3) is 6.17. The zero-order valence-electron chi connectivity index (χ0n) is 22.6. The van der Waals surface area contributed by atoms with E-state index in [0.717, 1.165) is 40.4 Å². The molecule has 0 unspecified atom stereocenters. The normalized spacial score (nSPS) is 18.3. The predicted molar refractivity (Wildman–Crippen MR) is 153 cm³/mol. The minimum Gasteiger partial charge on any atom is -0.454 e.